The van der Waals surface area contributed by atoms with Gasteiger partial charge in [0.1, 0.15) is 5.76 Å². The molecule has 1 amide bonds. The number of aromatic amines is 1. The molecule has 0 fully saturated rings. The first-order chi connectivity index (χ1) is 16.8. The van der Waals surface area contributed by atoms with Crippen LogP contribution in [0.3, 0.4) is 0 Å². The molecule has 0 radical (unpaired) electrons. The highest BCUT2D eigenvalue weighted by Gasteiger charge is 2.46. The van der Waals surface area contributed by atoms with E-state index in [1.807, 2.05) is 0 Å². The number of carbonyl (C=O) groups is 1. The lowest BCUT2D eigenvalue weighted by Crippen LogP contribution is -2.60. The molecule has 0 aliphatic carbocycles. The molecule has 0 unspecified atom stereocenters. The van der Waals surface area contributed by atoms with Gasteiger partial charge in [0.25, 0.3) is 5.69 Å². The zero-order valence-corrected chi connectivity index (χ0v) is 19.8. The number of rotatable bonds is 4. The number of H-pyrrole nitrogens is 1. The zero-order chi connectivity index (χ0) is 24.9. The summed E-state index contributed by atoms with van der Waals surface area (Å²) in [6.45, 7) is 3.21. The molecule has 10 nitrogen and oxygen atoms in total. The van der Waals surface area contributed by atoms with E-state index in [-0.39, 0.29) is 17.2 Å². The summed E-state index contributed by atoms with van der Waals surface area (Å²) in [7, 11) is 0. The molecule has 3 heterocycles. The minimum absolute atomic E-state index is 0.0119. The van der Waals surface area contributed by atoms with Gasteiger partial charge in [-0.25, -0.2) is 4.90 Å². The quantitative estimate of drug-likeness (QED) is 0.199. The second-order valence-corrected chi connectivity index (χ2v) is 8.79. The van der Waals surface area contributed by atoms with Crippen LogP contribution in [0.15, 0.2) is 69.0 Å². The summed E-state index contributed by atoms with van der Waals surface area (Å²) in [5.74, 6) is 0.614. The van der Waals surface area contributed by atoms with Crippen molar-refractivity contribution in [3.63, 3.8) is 0 Å². The number of nitrogens with zero attached hydrogens (tertiary/aromatic N) is 4. The Morgan fingerprint density at radius 3 is 2.66 bits per heavy atom. The predicted octanol–water partition coefficient (Wildman–Crippen LogP) is 3.84. The van der Waals surface area contributed by atoms with E-state index in [2.05, 4.69) is 10.1 Å². The number of thioether (sulfide) groups is 1. The van der Waals surface area contributed by atoms with E-state index < -0.39 is 11.1 Å². The molecule has 0 spiro atoms. The Kier molecular flexibility index (Phi) is 5.48. The van der Waals surface area contributed by atoms with Crippen molar-refractivity contribution in [2.24, 2.45) is 0 Å². The number of furan rings is 1. The third kappa shape index (κ3) is 3.69. The average Bonchev–Trinajstić information content (AvgIpc) is 3.31. The van der Waals surface area contributed by atoms with Gasteiger partial charge >= 0.3 is 17.4 Å². The van der Waals surface area contributed by atoms with Crippen LogP contribution < -0.4 is 15.1 Å². The lowest BCUT2D eigenvalue weighted by Gasteiger charge is -2.29. The Morgan fingerprint density at radius 1 is 1.20 bits per heavy atom. The van der Waals surface area contributed by atoms with Gasteiger partial charge in [-0.2, -0.15) is 0 Å². The van der Waals surface area contributed by atoms with Gasteiger partial charge in [-0.3, -0.25) is 24.7 Å². The Balaban J connectivity index is 1.71. The van der Waals surface area contributed by atoms with Crippen LogP contribution in [-0.2, 0) is 4.79 Å². The van der Waals surface area contributed by atoms with Gasteiger partial charge in [0.15, 0.2) is 5.76 Å². The molecule has 1 N–H and O–H groups in total. The Bertz CT molecular complexity index is 1560. The SMILES string of the molecule is CSc1n[n+]2c(c(=O)[nH]1)-c1ccccc1N(C(C)=O)[C@H]2c1ccc(-c2ccc([N+](=O)[O-])cc2C)o1. The van der Waals surface area contributed by atoms with Gasteiger partial charge < -0.3 is 4.42 Å². The average molecular weight is 491 g/mol. The van der Waals surface area contributed by atoms with Crippen LogP contribution in [0.2, 0.25) is 0 Å². The summed E-state index contributed by atoms with van der Waals surface area (Å²) in [6, 6.07) is 15.1. The van der Waals surface area contributed by atoms with E-state index in [9.17, 15) is 19.7 Å². The number of nitrogens with one attached hydrogen (secondary N) is 1. The van der Waals surface area contributed by atoms with Gasteiger partial charge in [0.05, 0.1) is 16.2 Å². The van der Waals surface area contributed by atoms with Crippen molar-refractivity contribution in [1.29, 1.82) is 0 Å². The monoisotopic (exact) mass is 490 g/mol. The van der Waals surface area contributed by atoms with Crippen LogP contribution in [0.5, 0.6) is 0 Å². The number of aryl methyl sites for hydroxylation is 1. The number of anilines is 1. The molecular formula is C24H20N5O5S+. The molecule has 0 bridgehead atoms. The van der Waals surface area contributed by atoms with Crippen LogP contribution >= 0.6 is 11.8 Å². The number of fused-ring (bicyclic) bond motifs is 3. The Hall–Kier alpha value is -4.25. The van der Waals surface area contributed by atoms with Crippen molar-refractivity contribution in [3.05, 3.63) is 86.4 Å². The van der Waals surface area contributed by atoms with Crippen molar-refractivity contribution in [3.8, 4) is 22.6 Å². The zero-order valence-electron chi connectivity index (χ0n) is 19.0. The van der Waals surface area contributed by atoms with Crippen molar-refractivity contribution in [2.45, 2.75) is 25.2 Å². The summed E-state index contributed by atoms with van der Waals surface area (Å²) < 4.78 is 7.73. The maximum atomic E-state index is 13.1. The van der Waals surface area contributed by atoms with Crippen LogP contribution in [0.1, 0.15) is 24.4 Å². The third-order valence-electron chi connectivity index (χ3n) is 5.86. The Labute approximate surface area is 203 Å². The number of non-ortho nitro benzene ring substituents is 1. The van der Waals surface area contributed by atoms with Gasteiger partial charge in [-0.05, 0) is 53.8 Å². The van der Waals surface area contributed by atoms with Crippen LogP contribution in [0.25, 0.3) is 22.6 Å². The highest BCUT2D eigenvalue weighted by atomic mass is 32.2. The molecule has 2 aromatic heterocycles. The second-order valence-electron chi connectivity index (χ2n) is 7.99. The van der Waals surface area contributed by atoms with Gasteiger partial charge in [0, 0.05) is 29.7 Å². The van der Waals surface area contributed by atoms with Crippen molar-refractivity contribution >= 4 is 29.0 Å². The summed E-state index contributed by atoms with van der Waals surface area (Å²) in [4.78, 5) is 41.0. The second kappa shape index (κ2) is 8.51. The third-order valence-corrected chi connectivity index (χ3v) is 6.43. The summed E-state index contributed by atoms with van der Waals surface area (Å²) in [5.41, 5.74) is 2.47. The number of nitro groups is 1. The summed E-state index contributed by atoms with van der Waals surface area (Å²) >= 11 is 1.28. The van der Waals surface area contributed by atoms with Gasteiger partial charge in [-0.1, -0.05) is 23.9 Å². The first-order valence-electron chi connectivity index (χ1n) is 10.6. The van der Waals surface area contributed by atoms with Crippen molar-refractivity contribution in [1.82, 2.24) is 10.1 Å². The van der Waals surface area contributed by atoms with Crippen LogP contribution in [-0.4, -0.2) is 27.2 Å². The largest absolute Gasteiger partial charge is 0.452 e. The van der Waals surface area contributed by atoms with Gasteiger partial charge in [-0.15, -0.1) is 0 Å². The first-order valence-corrected chi connectivity index (χ1v) is 11.9. The highest BCUT2D eigenvalue weighted by Crippen LogP contribution is 2.39. The molecule has 35 heavy (non-hydrogen) atoms. The van der Waals surface area contributed by atoms with Crippen molar-refractivity contribution in [2.75, 3.05) is 11.2 Å². The van der Waals surface area contributed by atoms with E-state index in [1.165, 1.54) is 35.5 Å². The minimum atomic E-state index is -0.849. The van der Waals surface area contributed by atoms with Crippen molar-refractivity contribution < 1.29 is 18.8 Å². The molecule has 1 aliphatic heterocycles. The summed E-state index contributed by atoms with van der Waals surface area (Å²) in [5, 5.41) is 16.1. The fraction of sp³-hybridized carbons (Fsp3) is 0.167. The molecule has 2 aromatic carbocycles. The fourth-order valence-electron chi connectivity index (χ4n) is 4.34. The lowest BCUT2D eigenvalue weighted by atomic mass is 10.0. The predicted molar refractivity (Wildman–Crippen MR) is 129 cm³/mol. The maximum Gasteiger partial charge on any atom is 0.325 e. The topological polar surface area (TPSA) is 126 Å². The van der Waals surface area contributed by atoms with Crippen LogP contribution in [0.4, 0.5) is 11.4 Å². The number of hydrogen-bond acceptors (Lipinski definition) is 7. The number of benzene rings is 2. The fourth-order valence-corrected chi connectivity index (χ4v) is 4.70. The van der Waals surface area contributed by atoms with E-state index in [4.69, 9.17) is 4.42 Å². The highest BCUT2D eigenvalue weighted by molar-refractivity contribution is 7.98. The smallest absolute Gasteiger partial charge is 0.325 e. The molecule has 5 rings (SSSR count). The minimum Gasteiger partial charge on any atom is -0.452 e. The molecule has 0 saturated heterocycles. The summed E-state index contributed by atoms with van der Waals surface area (Å²) in [6.07, 6.45) is 0.944. The standard InChI is InChI=1S/C24H19N5O5S/c1-13-12-15(29(32)33)8-9-16(13)19-10-11-20(34-19)23-27(14(2)30)18-7-5-4-6-17(18)21-22(31)25-24(35-3)26-28(21)23/h4-12,23H,1-3H3/p+1/t23-/m1/s1. The first kappa shape index (κ1) is 22.5. The van der Waals surface area contributed by atoms with Gasteiger partial charge in [0.2, 0.25) is 11.1 Å². The Morgan fingerprint density at radius 2 is 1.97 bits per heavy atom. The normalized spacial score (nSPS) is 14.4. The maximum absolute atomic E-state index is 13.1. The van der Waals surface area contributed by atoms with Crippen LogP contribution in [0, 0.1) is 17.0 Å². The van der Waals surface area contributed by atoms with E-state index in [1.54, 1.807) is 60.5 Å². The molecule has 11 heteroatoms. The molecule has 4 aromatic rings. The molecule has 1 aliphatic rings. The molecular weight excluding hydrogens is 470 g/mol. The number of para-hydroxylation sites is 1. The number of amides is 1. The number of carbonyl (C=O) groups excluding carboxylic acids is 1. The molecule has 0 saturated carbocycles. The lowest BCUT2D eigenvalue weighted by molar-refractivity contribution is -0.764. The number of aromatic nitrogens is 3. The molecule has 176 valence electrons. The number of hydrogen-bond donors (Lipinski definition) is 1. The molecule has 1 atom stereocenters. The van der Waals surface area contributed by atoms with E-state index >= 15 is 0 Å². The van der Waals surface area contributed by atoms with E-state index in [0.29, 0.717) is 44.7 Å². The van der Waals surface area contributed by atoms with E-state index in [0.717, 1.165) is 0 Å². The number of nitro benzene ring substituents is 1.